The lowest BCUT2D eigenvalue weighted by atomic mass is 10.3. The van der Waals surface area contributed by atoms with E-state index in [0.29, 0.717) is 6.61 Å². The van der Waals surface area contributed by atoms with E-state index in [4.69, 9.17) is 9.47 Å². The second kappa shape index (κ2) is 8.16. The summed E-state index contributed by atoms with van der Waals surface area (Å²) in [5, 5.41) is 0. The zero-order valence-corrected chi connectivity index (χ0v) is 9.84. The first-order chi connectivity index (χ1) is 8.33. The average molecular weight is 232 g/mol. The van der Waals surface area contributed by atoms with Crippen molar-refractivity contribution in [3.8, 4) is 5.75 Å². The van der Waals surface area contributed by atoms with Crippen LogP contribution >= 0.6 is 0 Å². The molecule has 3 nitrogen and oxygen atoms in total. The zero-order valence-electron chi connectivity index (χ0n) is 9.84. The molecule has 17 heavy (non-hydrogen) atoms. The monoisotopic (exact) mass is 232 g/mol. The Morgan fingerprint density at radius 2 is 1.94 bits per heavy atom. The number of esters is 1. The van der Waals surface area contributed by atoms with E-state index < -0.39 is 0 Å². The molecule has 0 saturated heterocycles. The lowest BCUT2D eigenvalue weighted by Gasteiger charge is -2.05. The van der Waals surface area contributed by atoms with Crippen LogP contribution in [0, 0.1) is 0 Å². The number of ether oxygens (including phenoxy) is 2. The summed E-state index contributed by atoms with van der Waals surface area (Å²) in [6, 6.07) is 9.41. The number of carbonyl (C=O) groups excluding carboxylic acids is 1. The molecule has 0 saturated carbocycles. The van der Waals surface area contributed by atoms with Gasteiger partial charge in [0.05, 0.1) is 0 Å². The Kier molecular flexibility index (Phi) is 6.26. The lowest BCUT2D eigenvalue weighted by Crippen LogP contribution is -2.10. The Labute approximate surface area is 101 Å². The molecule has 0 atom stereocenters. The van der Waals surface area contributed by atoms with Crippen molar-refractivity contribution in [1.29, 1.82) is 0 Å². The number of benzene rings is 1. The van der Waals surface area contributed by atoms with Crippen LogP contribution in [0.15, 0.2) is 54.6 Å². The summed E-state index contributed by atoms with van der Waals surface area (Å²) in [5.41, 5.74) is 0. The molecule has 0 unspecified atom stereocenters. The minimum atomic E-state index is -0.361. The standard InChI is InChI=1S/C14H16O3/c1-2-3-5-10-14(15)17-12-11-16-13-8-6-4-7-9-13/h2-10H,11-12H2,1H3/b3-2+,10-5+. The molecule has 0 N–H and O–H groups in total. The average Bonchev–Trinajstić information content (AvgIpc) is 2.36. The summed E-state index contributed by atoms with van der Waals surface area (Å²) >= 11 is 0. The van der Waals surface area contributed by atoms with Crippen molar-refractivity contribution in [1.82, 2.24) is 0 Å². The maximum atomic E-state index is 11.1. The van der Waals surface area contributed by atoms with E-state index in [1.54, 1.807) is 12.2 Å². The molecule has 0 aliphatic heterocycles. The van der Waals surface area contributed by atoms with Crippen LogP contribution in [-0.4, -0.2) is 19.2 Å². The molecule has 0 aliphatic rings. The van der Waals surface area contributed by atoms with Crippen LogP contribution in [-0.2, 0) is 9.53 Å². The predicted octanol–water partition coefficient (Wildman–Crippen LogP) is 2.74. The van der Waals surface area contributed by atoms with Crippen molar-refractivity contribution < 1.29 is 14.3 Å². The first-order valence-corrected chi connectivity index (χ1v) is 5.47. The summed E-state index contributed by atoms with van der Waals surface area (Å²) in [7, 11) is 0. The van der Waals surface area contributed by atoms with Gasteiger partial charge in [0.15, 0.2) is 0 Å². The van der Waals surface area contributed by atoms with E-state index in [0.717, 1.165) is 5.75 Å². The molecule has 0 radical (unpaired) electrons. The highest BCUT2D eigenvalue weighted by Crippen LogP contribution is 2.07. The number of hydrogen-bond acceptors (Lipinski definition) is 3. The number of rotatable bonds is 6. The summed E-state index contributed by atoms with van der Waals surface area (Å²) in [4.78, 5) is 11.1. The number of carbonyl (C=O) groups is 1. The Morgan fingerprint density at radius 3 is 2.65 bits per heavy atom. The molecule has 90 valence electrons. The van der Waals surface area contributed by atoms with E-state index in [2.05, 4.69) is 0 Å². The first-order valence-electron chi connectivity index (χ1n) is 5.47. The van der Waals surface area contributed by atoms with Crippen LogP contribution < -0.4 is 4.74 Å². The number of hydrogen-bond donors (Lipinski definition) is 0. The third-order valence-corrected chi connectivity index (χ3v) is 1.88. The van der Waals surface area contributed by atoms with Gasteiger partial charge in [-0.25, -0.2) is 4.79 Å². The maximum Gasteiger partial charge on any atom is 0.330 e. The highest BCUT2D eigenvalue weighted by molar-refractivity contribution is 5.82. The molecule has 0 aromatic heterocycles. The van der Waals surface area contributed by atoms with Gasteiger partial charge in [0.2, 0.25) is 0 Å². The van der Waals surface area contributed by atoms with Gasteiger partial charge in [-0.2, -0.15) is 0 Å². The first kappa shape index (κ1) is 13.0. The van der Waals surface area contributed by atoms with Gasteiger partial charge in [-0.15, -0.1) is 0 Å². The summed E-state index contributed by atoms with van der Waals surface area (Å²) in [6.45, 7) is 2.48. The van der Waals surface area contributed by atoms with Crippen LogP contribution in [0.25, 0.3) is 0 Å². The largest absolute Gasteiger partial charge is 0.490 e. The van der Waals surface area contributed by atoms with Gasteiger partial charge in [0.1, 0.15) is 19.0 Å². The molecule has 0 aliphatic carbocycles. The summed E-state index contributed by atoms with van der Waals surface area (Å²) in [6.07, 6.45) is 6.62. The van der Waals surface area contributed by atoms with E-state index in [-0.39, 0.29) is 12.6 Å². The van der Waals surface area contributed by atoms with Gasteiger partial charge in [0.25, 0.3) is 0 Å². The molecule has 3 heteroatoms. The van der Waals surface area contributed by atoms with E-state index in [9.17, 15) is 4.79 Å². The molecule has 0 amide bonds. The number of allylic oxidation sites excluding steroid dienone is 3. The molecule has 0 spiro atoms. The third kappa shape index (κ3) is 6.20. The van der Waals surface area contributed by atoms with Crippen LogP contribution in [0.4, 0.5) is 0 Å². The Balaban J connectivity index is 2.14. The topological polar surface area (TPSA) is 35.5 Å². The van der Waals surface area contributed by atoms with Gasteiger partial charge in [-0.05, 0) is 19.1 Å². The van der Waals surface area contributed by atoms with Gasteiger partial charge in [-0.3, -0.25) is 0 Å². The van der Waals surface area contributed by atoms with E-state index in [1.807, 2.05) is 43.3 Å². The smallest absolute Gasteiger partial charge is 0.330 e. The maximum absolute atomic E-state index is 11.1. The van der Waals surface area contributed by atoms with Crippen LogP contribution in [0.2, 0.25) is 0 Å². The van der Waals surface area contributed by atoms with Crippen molar-refractivity contribution in [2.24, 2.45) is 0 Å². The molecular formula is C14H16O3. The van der Waals surface area contributed by atoms with Crippen molar-refractivity contribution in [3.63, 3.8) is 0 Å². The predicted molar refractivity (Wildman–Crippen MR) is 66.9 cm³/mol. The molecular weight excluding hydrogens is 216 g/mol. The second-order valence-electron chi connectivity index (χ2n) is 3.21. The minimum Gasteiger partial charge on any atom is -0.490 e. The zero-order chi connectivity index (χ0) is 12.3. The Morgan fingerprint density at radius 1 is 1.18 bits per heavy atom. The Hall–Kier alpha value is -2.03. The SMILES string of the molecule is C/C=C/C=C/C(=O)OCCOc1ccccc1. The molecule has 0 bridgehead atoms. The summed E-state index contributed by atoms with van der Waals surface area (Å²) < 4.78 is 10.3. The molecule has 0 fully saturated rings. The fraction of sp³-hybridized carbons (Fsp3) is 0.214. The van der Waals surface area contributed by atoms with E-state index in [1.165, 1.54) is 6.08 Å². The third-order valence-electron chi connectivity index (χ3n) is 1.88. The Bertz CT molecular complexity index is 380. The lowest BCUT2D eigenvalue weighted by molar-refractivity contribution is -0.138. The van der Waals surface area contributed by atoms with Crippen molar-refractivity contribution >= 4 is 5.97 Å². The van der Waals surface area contributed by atoms with E-state index >= 15 is 0 Å². The molecule has 0 heterocycles. The fourth-order valence-corrected chi connectivity index (χ4v) is 1.11. The van der Waals surface area contributed by atoms with Crippen LogP contribution in [0.1, 0.15) is 6.92 Å². The molecule has 1 aromatic carbocycles. The highest BCUT2D eigenvalue weighted by Gasteiger charge is 1.96. The van der Waals surface area contributed by atoms with Crippen molar-refractivity contribution in [2.75, 3.05) is 13.2 Å². The molecule has 1 aromatic rings. The normalized spacial score (nSPS) is 10.9. The van der Waals surface area contributed by atoms with Gasteiger partial charge in [-0.1, -0.05) is 36.4 Å². The molecule has 1 rings (SSSR count). The van der Waals surface area contributed by atoms with Gasteiger partial charge in [0, 0.05) is 6.08 Å². The number of para-hydroxylation sites is 1. The van der Waals surface area contributed by atoms with Crippen molar-refractivity contribution in [3.05, 3.63) is 54.6 Å². The van der Waals surface area contributed by atoms with Gasteiger partial charge >= 0.3 is 5.97 Å². The van der Waals surface area contributed by atoms with Gasteiger partial charge < -0.3 is 9.47 Å². The fourth-order valence-electron chi connectivity index (χ4n) is 1.11. The van der Waals surface area contributed by atoms with Crippen LogP contribution in [0.3, 0.4) is 0 Å². The minimum absolute atomic E-state index is 0.244. The second-order valence-corrected chi connectivity index (χ2v) is 3.21. The highest BCUT2D eigenvalue weighted by atomic mass is 16.6. The van der Waals surface area contributed by atoms with Crippen molar-refractivity contribution in [2.45, 2.75) is 6.92 Å². The van der Waals surface area contributed by atoms with Crippen LogP contribution in [0.5, 0.6) is 5.75 Å². The summed E-state index contributed by atoms with van der Waals surface area (Å²) in [5.74, 6) is 0.410. The quantitative estimate of drug-likeness (QED) is 0.327.